The van der Waals surface area contributed by atoms with E-state index in [0.717, 1.165) is 0 Å². The van der Waals surface area contributed by atoms with Gasteiger partial charge in [-0.25, -0.2) is 0 Å². The van der Waals surface area contributed by atoms with Gasteiger partial charge in [0.05, 0.1) is 0 Å². The van der Waals surface area contributed by atoms with E-state index in [4.69, 9.17) is 0 Å². The Hall–Kier alpha value is -7.28. The normalized spacial score (nSPS) is 11.9. The first-order valence-electron chi connectivity index (χ1n) is 19.5. The van der Waals surface area contributed by atoms with Crippen LogP contribution in [0.1, 0.15) is 0 Å². The summed E-state index contributed by atoms with van der Waals surface area (Å²) >= 11 is 0. The summed E-state index contributed by atoms with van der Waals surface area (Å²) in [6.07, 6.45) is 0. The fourth-order valence-electron chi connectivity index (χ4n) is 9.91. The summed E-state index contributed by atoms with van der Waals surface area (Å²) in [5.41, 5.74) is 10.0. The molecule has 0 amide bonds. The van der Waals surface area contributed by atoms with Gasteiger partial charge in [-0.1, -0.05) is 194 Å². The second kappa shape index (κ2) is 12.1. The Morgan fingerprint density at radius 1 is 0.196 bits per heavy atom. The molecule has 0 aliphatic heterocycles. The molecular weight excluding hydrogens is 673 g/mol. The van der Waals surface area contributed by atoms with Crippen molar-refractivity contribution in [2.45, 2.75) is 0 Å². The van der Waals surface area contributed by atoms with Crippen molar-refractivity contribution in [3.63, 3.8) is 0 Å². The smallest absolute Gasteiger partial charge is 0.000740 e. The van der Waals surface area contributed by atoms with Gasteiger partial charge in [-0.2, -0.15) is 0 Å². The minimum Gasteiger partial charge on any atom is -0.0622 e. The number of benzene rings is 12. The van der Waals surface area contributed by atoms with E-state index in [1.807, 2.05) is 0 Å². The summed E-state index contributed by atoms with van der Waals surface area (Å²) in [5.74, 6) is 0. The first-order valence-corrected chi connectivity index (χ1v) is 19.5. The first-order chi connectivity index (χ1) is 27.8. The van der Waals surface area contributed by atoms with Gasteiger partial charge in [0.1, 0.15) is 0 Å². The molecule has 0 atom stereocenters. The molecule has 0 saturated carbocycles. The molecule has 12 aromatic carbocycles. The molecule has 56 heavy (non-hydrogen) atoms. The predicted molar refractivity (Wildman–Crippen MR) is 242 cm³/mol. The van der Waals surface area contributed by atoms with Crippen molar-refractivity contribution >= 4 is 75.4 Å². The van der Waals surface area contributed by atoms with Gasteiger partial charge in [0.2, 0.25) is 0 Å². The van der Waals surface area contributed by atoms with E-state index in [-0.39, 0.29) is 0 Å². The van der Waals surface area contributed by atoms with Crippen LogP contribution in [0.5, 0.6) is 0 Å². The van der Waals surface area contributed by atoms with Crippen LogP contribution >= 0.6 is 0 Å². The third kappa shape index (κ3) is 4.42. The molecule has 0 fully saturated rings. The third-order valence-corrected chi connectivity index (χ3v) is 12.2. The van der Waals surface area contributed by atoms with Crippen LogP contribution in [-0.4, -0.2) is 0 Å². The summed E-state index contributed by atoms with van der Waals surface area (Å²) in [7, 11) is 0. The van der Waals surface area contributed by atoms with Crippen LogP contribution in [0.15, 0.2) is 206 Å². The number of fused-ring (bicyclic) bond motifs is 7. The van der Waals surface area contributed by atoms with E-state index in [1.165, 1.54) is 120 Å². The second-order valence-electron chi connectivity index (χ2n) is 15.1. The van der Waals surface area contributed by atoms with E-state index >= 15 is 0 Å². The molecule has 0 N–H and O–H groups in total. The van der Waals surface area contributed by atoms with E-state index in [2.05, 4.69) is 206 Å². The topological polar surface area (TPSA) is 0 Å². The fourth-order valence-corrected chi connectivity index (χ4v) is 9.91. The van der Waals surface area contributed by atoms with E-state index < -0.39 is 0 Å². The van der Waals surface area contributed by atoms with E-state index in [1.54, 1.807) is 0 Å². The molecule has 0 aliphatic carbocycles. The molecule has 12 rings (SSSR count). The van der Waals surface area contributed by atoms with Gasteiger partial charge in [-0.15, -0.1) is 0 Å². The average molecular weight is 707 g/mol. The number of hydrogen-bond acceptors (Lipinski definition) is 0. The molecule has 0 nitrogen and oxygen atoms in total. The van der Waals surface area contributed by atoms with E-state index in [0.29, 0.717) is 0 Å². The summed E-state index contributed by atoms with van der Waals surface area (Å²) < 4.78 is 0. The van der Waals surface area contributed by atoms with Gasteiger partial charge in [0, 0.05) is 0 Å². The van der Waals surface area contributed by atoms with Gasteiger partial charge in [0.15, 0.2) is 0 Å². The van der Waals surface area contributed by atoms with Crippen molar-refractivity contribution in [1.29, 1.82) is 0 Å². The van der Waals surface area contributed by atoms with Gasteiger partial charge < -0.3 is 0 Å². The minimum absolute atomic E-state index is 1.23. The number of rotatable bonds is 4. The molecule has 258 valence electrons. The molecule has 0 unspecified atom stereocenters. The van der Waals surface area contributed by atoms with Gasteiger partial charge in [-0.05, 0) is 132 Å². The zero-order chi connectivity index (χ0) is 36.7. The molecular formula is C56H34. The van der Waals surface area contributed by atoms with Crippen LogP contribution in [0, 0.1) is 0 Å². The lowest BCUT2D eigenvalue weighted by Gasteiger charge is -2.23. The Labute approximate surface area is 324 Å². The van der Waals surface area contributed by atoms with E-state index in [9.17, 15) is 0 Å². The SMILES string of the molecule is c1ccc(-c2ccccc2-c2c3ccccc3c3c4c2cccc4c2cccc4c(-c5cc(-c6ccccc6)c6ccccc6c5)c5ccccc5c3c42)cc1. The first kappa shape index (κ1) is 31.1. The van der Waals surface area contributed by atoms with Crippen LogP contribution in [-0.2, 0) is 0 Å². The maximum Gasteiger partial charge on any atom is -0.000740 e. The van der Waals surface area contributed by atoms with Crippen LogP contribution < -0.4 is 0 Å². The Bertz CT molecular complexity index is 3500. The highest BCUT2D eigenvalue weighted by atomic mass is 14.3. The molecule has 0 aliphatic rings. The Kier molecular flexibility index (Phi) is 6.73. The van der Waals surface area contributed by atoms with Crippen molar-refractivity contribution in [2.24, 2.45) is 0 Å². The lowest BCUT2D eigenvalue weighted by atomic mass is 9.79. The van der Waals surface area contributed by atoms with Crippen LogP contribution in [0.4, 0.5) is 0 Å². The van der Waals surface area contributed by atoms with Gasteiger partial charge in [0.25, 0.3) is 0 Å². The Balaban J connectivity index is 1.27. The van der Waals surface area contributed by atoms with Crippen LogP contribution in [0.2, 0.25) is 0 Å². The maximum absolute atomic E-state index is 2.43. The zero-order valence-electron chi connectivity index (χ0n) is 30.6. The maximum atomic E-state index is 2.43. The quantitative estimate of drug-likeness (QED) is 0.126. The van der Waals surface area contributed by atoms with Crippen molar-refractivity contribution in [3.8, 4) is 44.5 Å². The summed E-state index contributed by atoms with van der Waals surface area (Å²) in [5, 5.41) is 18.1. The van der Waals surface area contributed by atoms with Crippen molar-refractivity contribution in [2.75, 3.05) is 0 Å². The summed E-state index contributed by atoms with van der Waals surface area (Å²) in [6, 6.07) is 76.5. The Morgan fingerprint density at radius 3 is 1.23 bits per heavy atom. The molecule has 0 heterocycles. The zero-order valence-corrected chi connectivity index (χ0v) is 30.6. The second-order valence-corrected chi connectivity index (χ2v) is 15.1. The molecule has 0 saturated heterocycles. The predicted octanol–water partition coefficient (Wildman–Crippen LogP) is 15.9. The van der Waals surface area contributed by atoms with Crippen molar-refractivity contribution in [3.05, 3.63) is 206 Å². The monoisotopic (exact) mass is 706 g/mol. The number of hydrogen-bond donors (Lipinski definition) is 0. The third-order valence-electron chi connectivity index (χ3n) is 12.2. The molecule has 0 spiro atoms. The standard InChI is InChI=1S/C56H34/c1-3-17-35(18-4-1)39-22-9-10-24-41(39)52-43-26-12-14-28-47(43)56-54-45(30-16-32-49(52)54)44-29-15-31-48-51(42-25-11-13-27-46(42)55(56)53(44)48)38-33-37-21-7-8-23-40(37)50(34-38)36-19-5-2-6-20-36/h1-34H. The van der Waals surface area contributed by atoms with Gasteiger partial charge >= 0.3 is 0 Å². The largest absolute Gasteiger partial charge is 0.0622 e. The summed E-state index contributed by atoms with van der Waals surface area (Å²) in [6.45, 7) is 0. The highest BCUT2D eigenvalue weighted by Gasteiger charge is 2.24. The van der Waals surface area contributed by atoms with Gasteiger partial charge in [-0.3, -0.25) is 0 Å². The molecule has 0 radical (unpaired) electrons. The molecule has 0 heteroatoms. The molecule has 0 aromatic heterocycles. The fraction of sp³-hybridized carbons (Fsp3) is 0. The lowest BCUT2D eigenvalue weighted by molar-refractivity contribution is 1.61. The van der Waals surface area contributed by atoms with Crippen molar-refractivity contribution < 1.29 is 0 Å². The average Bonchev–Trinajstić information content (AvgIpc) is 3.27. The highest BCUT2D eigenvalue weighted by Crippen LogP contribution is 2.53. The minimum atomic E-state index is 1.23. The summed E-state index contributed by atoms with van der Waals surface area (Å²) in [4.78, 5) is 0. The van der Waals surface area contributed by atoms with Crippen molar-refractivity contribution in [1.82, 2.24) is 0 Å². The highest BCUT2D eigenvalue weighted by molar-refractivity contribution is 6.45. The molecule has 12 aromatic rings. The lowest BCUT2D eigenvalue weighted by Crippen LogP contribution is -1.95. The van der Waals surface area contributed by atoms with Crippen LogP contribution in [0.25, 0.3) is 120 Å². The van der Waals surface area contributed by atoms with Crippen LogP contribution in [0.3, 0.4) is 0 Å². The Morgan fingerprint density at radius 2 is 0.607 bits per heavy atom. The molecule has 0 bridgehead atoms.